The lowest BCUT2D eigenvalue weighted by Gasteiger charge is -2.17. The highest BCUT2D eigenvalue weighted by Crippen LogP contribution is 2.40. The summed E-state index contributed by atoms with van der Waals surface area (Å²) in [5.41, 5.74) is 0.159. The molecule has 0 fully saturated rings. The van der Waals surface area contributed by atoms with Crippen LogP contribution < -0.4 is 10.3 Å². The Hall–Kier alpha value is -2.02. The Bertz CT molecular complexity index is 1160. The lowest BCUT2D eigenvalue weighted by atomic mass is 10.1. The normalized spacial score (nSPS) is 13.4. The number of aryl methyl sites for hydroxylation is 1. The van der Waals surface area contributed by atoms with Crippen molar-refractivity contribution in [1.82, 2.24) is 9.36 Å². The molecular weight excluding hydrogens is 445 g/mol. The van der Waals surface area contributed by atoms with Crippen LogP contribution in [0.3, 0.4) is 0 Å². The number of fused-ring (bicyclic) bond motifs is 1. The van der Waals surface area contributed by atoms with Gasteiger partial charge in [-0.1, -0.05) is 34.8 Å². The highest BCUT2D eigenvalue weighted by Gasteiger charge is 2.25. The number of hydrogen-bond acceptors (Lipinski definition) is 2. The van der Waals surface area contributed by atoms with E-state index in [0.717, 1.165) is 18.9 Å². The Balaban J connectivity index is 1.85. The van der Waals surface area contributed by atoms with Gasteiger partial charge in [0.15, 0.2) is 11.6 Å². The Morgan fingerprint density at radius 2 is 1.62 bits per heavy atom. The molecule has 0 N–H and O–H groups in total. The van der Waals surface area contributed by atoms with E-state index in [9.17, 15) is 13.6 Å². The summed E-state index contributed by atoms with van der Waals surface area (Å²) in [7, 11) is 0. The largest absolute Gasteiger partial charge is 0.451 e. The molecule has 0 saturated carbocycles. The molecule has 29 heavy (non-hydrogen) atoms. The number of aromatic nitrogens is 2. The van der Waals surface area contributed by atoms with Gasteiger partial charge in [-0.3, -0.25) is 9.48 Å². The molecule has 0 amide bonds. The van der Waals surface area contributed by atoms with Crippen molar-refractivity contribution < 1.29 is 13.5 Å². The number of hydrogen-bond donors (Lipinski definition) is 0. The highest BCUT2D eigenvalue weighted by atomic mass is 35.5. The maximum absolute atomic E-state index is 14.7. The van der Waals surface area contributed by atoms with E-state index in [1.165, 1.54) is 22.9 Å². The fraction of sp³-hybridized carbons (Fsp3) is 0.250. The molecule has 0 spiro atoms. The molecule has 1 aliphatic heterocycles. The van der Waals surface area contributed by atoms with Crippen molar-refractivity contribution in [2.75, 3.05) is 0 Å². The van der Waals surface area contributed by atoms with Gasteiger partial charge >= 0.3 is 0 Å². The molecule has 0 unspecified atom stereocenters. The van der Waals surface area contributed by atoms with Crippen molar-refractivity contribution in [3.63, 3.8) is 0 Å². The second kappa shape index (κ2) is 7.67. The smallest absolute Gasteiger partial charge is 0.276 e. The van der Waals surface area contributed by atoms with Gasteiger partial charge in [-0.05, 0) is 49.6 Å². The monoisotopic (exact) mass is 458 g/mol. The van der Waals surface area contributed by atoms with Crippen LogP contribution in [0.25, 0.3) is 11.1 Å². The first-order chi connectivity index (χ1) is 13.8. The summed E-state index contributed by atoms with van der Waals surface area (Å²) >= 11 is 18.6. The first kappa shape index (κ1) is 20.3. The van der Waals surface area contributed by atoms with E-state index in [4.69, 9.17) is 39.5 Å². The van der Waals surface area contributed by atoms with Gasteiger partial charge in [-0.2, -0.15) is 0 Å². The Morgan fingerprint density at radius 3 is 2.28 bits per heavy atom. The summed E-state index contributed by atoms with van der Waals surface area (Å²) in [5.74, 6) is -1.71. The zero-order valence-corrected chi connectivity index (χ0v) is 17.5. The number of rotatable bonds is 3. The van der Waals surface area contributed by atoms with E-state index in [-0.39, 0.29) is 37.8 Å². The quantitative estimate of drug-likeness (QED) is 0.451. The zero-order chi connectivity index (χ0) is 20.9. The van der Waals surface area contributed by atoms with E-state index in [0.29, 0.717) is 18.7 Å². The summed E-state index contributed by atoms with van der Waals surface area (Å²) in [6.45, 7) is 2.75. The van der Waals surface area contributed by atoms with Gasteiger partial charge < -0.3 is 4.74 Å². The van der Waals surface area contributed by atoms with Crippen LogP contribution in [0.15, 0.2) is 29.1 Å². The molecule has 9 heteroatoms. The van der Waals surface area contributed by atoms with Gasteiger partial charge in [0.05, 0.1) is 15.6 Å². The van der Waals surface area contributed by atoms with Crippen LogP contribution in [0, 0.1) is 18.6 Å². The highest BCUT2D eigenvalue weighted by molar-refractivity contribution is 6.33. The third-order valence-electron chi connectivity index (χ3n) is 4.81. The van der Waals surface area contributed by atoms with E-state index in [2.05, 4.69) is 0 Å². The first-order valence-corrected chi connectivity index (χ1v) is 10.0. The SMILES string of the molecule is Cc1cc(F)c(Oc2cc(-c3c(Cl)n4n(c3=O)CCCC4)c(F)cc2Cl)c(Cl)c1. The molecule has 0 aliphatic carbocycles. The lowest BCUT2D eigenvalue weighted by molar-refractivity contribution is 0.356. The molecule has 3 aromatic rings. The molecule has 4 rings (SSSR count). The van der Waals surface area contributed by atoms with Gasteiger partial charge in [0.2, 0.25) is 0 Å². The number of nitrogens with zero attached hydrogens (tertiary/aromatic N) is 2. The minimum absolute atomic E-state index is 0.0167. The summed E-state index contributed by atoms with van der Waals surface area (Å²) in [6.07, 6.45) is 1.71. The summed E-state index contributed by atoms with van der Waals surface area (Å²) in [5, 5.41) is 0.0887. The molecule has 4 nitrogen and oxygen atoms in total. The fourth-order valence-electron chi connectivity index (χ4n) is 3.45. The third-order valence-corrected chi connectivity index (χ3v) is 5.77. The van der Waals surface area contributed by atoms with Gasteiger partial charge in [0.25, 0.3) is 5.56 Å². The third kappa shape index (κ3) is 3.54. The number of halogens is 5. The molecule has 0 radical (unpaired) electrons. The predicted octanol–water partition coefficient (Wildman–Crippen LogP) is 6.45. The summed E-state index contributed by atoms with van der Waals surface area (Å²) < 4.78 is 37.7. The Kier molecular flexibility index (Phi) is 5.36. The summed E-state index contributed by atoms with van der Waals surface area (Å²) in [6, 6.07) is 5.03. The van der Waals surface area contributed by atoms with Crippen LogP contribution in [0.2, 0.25) is 15.2 Å². The topological polar surface area (TPSA) is 36.2 Å². The minimum Gasteiger partial charge on any atom is -0.451 e. The van der Waals surface area contributed by atoms with E-state index in [1.54, 1.807) is 11.6 Å². The predicted molar refractivity (Wildman–Crippen MR) is 110 cm³/mol. The average molecular weight is 460 g/mol. The van der Waals surface area contributed by atoms with E-state index >= 15 is 0 Å². The maximum atomic E-state index is 14.7. The number of ether oxygens (including phenoxy) is 1. The van der Waals surface area contributed by atoms with Crippen molar-refractivity contribution in [3.8, 4) is 22.6 Å². The molecule has 0 atom stereocenters. The standard InChI is InChI=1S/C20H15Cl3F2N2O2/c1-10-6-13(22)18(15(25)7-10)29-16-8-11(14(24)9-12(16)21)17-19(23)26-4-2-3-5-27(26)20(17)28/h6-9H,2-5H2,1H3. The van der Waals surface area contributed by atoms with Crippen LogP contribution in [0.4, 0.5) is 8.78 Å². The van der Waals surface area contributed by atoms with E-state index < -0.39 is 17.2 Å². The van der Waals surface area contributed by atoms with Crippen LogP contribution >= 0.6 is 34.8 Å². The van der Waals surface area contributed by atoms with Crippen molar-refractivity contribution in [3.05, 3.63) is 67.0 Å². The molecule has 2 heterocycles. The first-order valence-electron chi connectivity index (χ1n) is 8.90. The molecule has 152 valence electrons. The van der Waals surface area contributed by atoms with Gasteiger partial charge in [-0.15, -0.1) is 0 Å². The molecule has 1 aliphatic rings. The molecular formula is C20H15Cl3F2N2O2. The minimum atomic E-state index is -0.736. The molecule has 0 bridgehead atoms. The summed E-state index contributed by atoms with van der Waals surface area (Å²) in [4.78, 5) is 12.8. The van der Waals surface area contributed by atoms with Crippen LogP contribution in [0.5, 0.6) is 11.5 Å². The number of benzene rings is 2. The van der Waals surface area contributed by atoms with Crippen molar-refractivity contribution in [2.45, 2.75) is 32.9 Å². The van der Waals surface area contributed by atoms with Gasteiger partial charge in [0, 0.05) is 18.7 Å². The van der Waals surface area contributed by atoms with Crippen molar-refractivity contribution in [1.29, 1.82) is 0 Å². The van der Waals surface area contributed by atoms with Crippen LogP contribution in [-0.4, -0.2) is 9.36 Å². The van der Waals surface area contributed by atoms with Crippen LogP contribution in [-0.2, 0) is 13.1 Å². The maximum Gasteiger partial charge on any atom is 0.276 e. The van der Waals surface area contributed by atoms with Crippen molar-refractivity contribution >= 4 is 34.8 Å². The van der Waals surface area contributed by atoms with Crippen molar-refractivity contribution in [2.24, 2.45) is 0 Å². The van der Waals surface area contributed by atoms with Crippen LogP contribution in [0.1, 0.15) is 18.4 Å². The lowest BCUT2D eigenvalue weighted by Crippen LogP contribution is -2.27. The second-order valence-corrected chi connectivity index (χ2v) is 8.02. The van der Waals surface area contributed by atoms with Gasteiger partial charge in [0.1, 0.15) is 16.7 Å². The van der Waals surface area contributed by atoms with Gasteiger partial charge in [-0.25, -0.2) is 13.5 Å². The molecule has 1 aromatic heterocycles. The van der Waals surface area contributed by atoms with E-state index in [1.807, 2.05) is 0 Å². The fourth-order valence-corrected chi connectivity index (χ4v) is 4.29. The Morgan fingerprint density at radius 1 is 0.931 bits per heavy atom. The average Bonchev–Trinajstić information content (AvgIpc) is 2.91. The molecule has 2 aromatic carbocycles. The molecule has 0 saturated heterocycles. The zero-order valence-electron chi connectivity index (χ0n) is 15.2. The second-order valence-electron chi connectivity index (χ2n) is 6.85. The Labute approximate surface area is 180 Å².